The number of hydrogen-bond donors (Lipinski definition) is 2. The lowest BCUT2D eigenvalue weighted by molar-refractivity contribution is 0.0703. The molecule has 2 aromatic heterocycles. The number of aromatic nitrogens is 2. The van der Waals surface area contributed by atoms with E-state index < -0.39 is 0 Å². The lowest BCUT2D eigenvalue weighted by Crippen LogP contribution is -2.44. The topological polar surface area (TPSA) is 96.2 Å². The molecule has 21 heavy (non-hydrogen) atoms. The highest BCUT2D eigenvalue weighted by molar-refractivity contribution is 6.00. The quantitative estimate of drug-likeness (QED) is 0.372. The van der Waals surface area contributed by atoms with Crippen molar-refractivity contribution in [3.8, 4) is 0 Å². The predicted octanol–water partition coefficient (Wildman–Crippen LogP) is 0.933. The second-order valence-corrected chi connectivity index (χ2v) is 5.20. The van der Waals surface area contributed by atoms with Crippen molar-refractivity contribution in [2.75, 3.05) is 13.1 Å². The van der Waals surface area contributed by atoms with E-state index in [2.05, 4.69) is 10.3 Å². The average Bonchev–Trinajstić information content (AvgIpc) is 2.97. The van der Waals surface area contributed by atoms with E-state index in [-0.39, 0.29) is 17.7 Å². The molecule has 110 valence electrons. The number of nitrogens with two attached hydrogens (primary N) is 1. The predicted molar refractivity (Wildman–Crippen MR) is 77.2 cm³/mol. The van der Waals surface area contributed by atoms with Crippen molar-refractivity contribution in [3.05, 3.63) is 36.2 Å². The number of pyridine rings is 1. The standard InChI is InChI=1S/C14H17N5O2/c15-13(17-21)10-4-3-6-18(9-10)14(20)11-8-16-19-7-2-1-5-12(11)19/h1-2,5,7-8,10,21H,3-4,6,9H2,(H2,15,17). The van der Waals surface area contributed by atoms with Gasteiger partial charge >= 0.3 is 0 Å². The first-order valence-corrected chi connectivity index (χ1v) is 6.89. The van der Waals surface area contributed by atoms with Crippen LogP contribution in [0, 0.1) is 5.92 Å². The van der Waals surface area contributed by atoms with Gasteiger partial charge in [-0.2, -0.15) is 5.10 Å². The van der Waals surface area contributed by atoms with Crippen LogP contribution < -0.4 is 5.73 Å². The number of fused-ring (bicyclic) bond motifs is 1. The Morgan fingerprint density at radius 2 is 2.33 bits per heavy atom. The number of rotatable bonds is 2. The van der Waals surface area contributed by atoms with Gasteiger partial charge in [-0.15, -0.1) is 0 Å². The molecule has 1 saturated heterocycles. The van der Waals surface area contributed by atoms with Gasteiger partial charge in [0.25, 0.3) is 5.91 Å². The second-order valence-electron chi connectivity index (χ2n) is 5.20. The molecule has 1 atom stereocenters. The van der Waals surface area contributed by atoms with Crippen LogP contribution in [-0.2, 0) is 0 Å². The number of nitrogens with zero attached hydrogens (tertiary/aromatic N) is 4. The average molecular weight is 287 g/mol. The van der Waals surface area contributed by atoms with E-state index >= 15 is 0 Å². The molecule has 2 aromatic rings. The van der Waals surface area contributed by atoms with Gasteiger partial charge in [0.2, 0.25) is 0 Å². The summed E-state index contributed by atoms with van der Waals surface area (Å²) in [6, 6.07) is 5.61. The first-order chi connectivity index (χ1) is 10.2. The Bertz CT molecular complexity index is 693. The molecule has 1 aliphatic rings. The molecule has 7 nitrogen and oxygen atoms in total. The van der Waals surface area contributed by atoms with E-state index in [0.717, 1.165) is 18.4 Å². The van der Waals surface area contributed by atoms with Crippen LogP contribution in [0.3, 0.4) is 0 Å². The lowest BCUT2D eigenvalue weighted by atomic mass is 9.96. The maximum atomic E-state index is 12.7. The Kier molecular flexibility index (Phi) is 3.47. The maximum absolute atomic E-state index is 12.7. The Morgan fingerprint density at radius 1 is 1.48 bits per heavy atom. The zero-order valence-corrected chi connectivity index (χ0v) is 11.5. The van der Waals surface area contributed by atoms with E-state index in [4.69, 9.17) is 10.9 Å². The first kappa shape index (κ1) is 13.4. The van der Waals surface area contributed by atoms with Gasteiger partial charge in [0.1, 0.15) is 5.84 Å². The molecule has 1 unspecified atom stereocenters. The zero-order valence-electron chi connectivity index (χ0n) is 11.5. The van der Waals surface area contributed by atoms with Crippen molar-refractivity contribution < 1.29 is 10.0 Å². The Labute approximate surface area is 121 Å². The molecule has 0 radical (unpaired) electrons. The van der Waals surface area contributed by atoms with Crippen LogP contribution in [0.5, 0.6) is 0 Å². The molecule has 3 heterocycles. The summed E-state index contributed by atoms with van der Waals surface area (Å²) in [6.07, 6.45) is 5.06. The number of amidine groups is 1. The van der Waals surface area contributed by atoms with Gasteiger partial charge in [-0.05, 0) is 25.0 Å². The SMILES string of the molecule is N/C(=N/O)C1CCCN(C(=O)c2cnn3ccccc23)C1. The Hall–Kier alpha value is -2.57. The molecule has 1 aliphatic heterocycles. The van der Waals surface area contributed by atoms with Gasteiger partial charge in [0.05, 0.1) is 17.3 Å². The highest BCUT2D eigenvalue weighted by Crippen LogP contribution is 2.20. The third-order valence-corrected chi connectivity index (χ3v) is 3.90. The highest BCUT2D eigenvalue weighted by atomic mass is 16.4. The summed E-state index contributed by atoms with van der Waals surface area (Å²) in [6.45, 7) is 1.15. The van der Waals surface area contributed by atoms with Gasteiger partial charge in [-0.1, -0.05) is 11.2 Å². The largest absolute Gasteiger partial charge is 0.409 e. The van der Waals surface area contributed by atoms with Gasteiger partial charge < -0.3 is 15.8 Å². The minimum atomic E-state index is -0.0884. The summed E-state index contributed by atoms with van der Waals surface area (Å²) < 4.78 is 1.68. The fraction of sp³-hybridized carbons (Fsp3) is 0.357. The number of oxime groups is 1. The summed E-state index contributed by atoms with van der Waals surface area (Å²) in [7, 11) is 0. The van der Waals surface area contributed by atoms with Crippen molar-refractivity contribution in [3.63, 3.8) is 0 Å². The van der Waals surface area contributed by atoms with Crippen LogP contribution in [0.1, 0.15) is 23.2 Å². The third-order valence-electron chi connectivity index (χ3n) is 3.90. The van der Waals surface area contributed by atoms with Gasteiger partial charge in [-0.3, -0.25) is 4.79 Å². The number of carbonyl (C=O) groups is 1. The van der Waals surface area contributed by atoms with Crippen LogP contribution in [-0.4, -0.2) is 44.6 Å². The molecular weight excluding hydrogens is 270 g/mol. The van der Waals surface area contributed by atoms with Crippen molar-refractivity contribution in [2.45, 2.75) is 12.8 Å². The van der Waals surface area contributed by atoms with Crippen molar-refractivity contribution in [1.29, 1.82) is 0 Å². The lowest BCUT2D eigenvalue weighted by Gasteiger charge is -2.31. The first-order valence-electron chi connectivity index (χ1n) is 6.89. The fourth-order valence-electron chi connectivity index (χ4n) is 2.75. The number of carbonyl (C=O) groups excluding carboxylic acids is 1. The number of hydrogen-bond acceptors (Lipinski definition) is 4. The zero-order chi connectivity index (χ0) is 14.8. The summed E-state index contributed by atoms with van der Waals surface area (Å²) in [5.41, 5.74) is 7.03. The van der Waals surface area contributed by atoms with Crippen molar-refractivity contribution in [2.24, 2.45) is 16.8 Å². The van der Waals surface area contributed by atoms with E-state index in [1.807, 2.05) is 24.4 Å². The summed E-state index contributed by atoms with van der Waals surface area (Å²) in [4.78, 5) is 14.4. The number of likely N-dealkylation sites (tertiary alicyclic amines) is 1. The Morgan fingerprint density at radius 3 is 3.14 bits per heavy atom. The normalized spacial score (nSPS) is 19.9. The van der Waals surface area contributed by atoms with Crippen LogP contribution in [0.25, 0.3) is 5.52 Å². The fourth-order valence-corrected chi connectivity index (χ4v) is 2.75. The van der Waals surface area contributed by atoms with Crippen LogP contribution in [0.15, 0.2) is 35.7 Å². The monoisotopic (exact) mass is 287 g/mol. The number of piperidine rings is 1. The van der Waals surface area contributed by atoms with Crippen LogP contribution >= 0.6 is 0 Å². The van der Waals surface area contributed by atoms with Gasteiger partial charge in [0, 0.05) is 25.2 Å². The van der Waals surface area contributed by atoms with Crippen molar-refractivity contribution in [1.82, 2.24) is 14.5 Å². The summed E-state index contributed by atoms with van der Waals surface area (Å²) >= 11 is 0. The molecule has 0 bridgehead atoms. The molecular formula is C14H17N5O2. The van der Waals surface area contributed by atoms with Gasteiger partial charge in [0.15, 0.2) is 0 Å². The minimum Gasteiger partial charge on any atom is -0.409 e. The molecule has 0 aromatic carbocycles. The Balaban J connectivity index is 1.85. The molecule has 1 amide bonds. The van der Waals surface area contributed by atoms with E-state index in [0.29, 0.717) is 18.7 Å². The molecule has 1 fully saturated rings. The molecule has 7 heteroatoms. The molecule has 3 N–H and O–H groups in total. The van der Waals surface area contributed by atoms with E-state index in [1.54, 1.807) is 15.6 Å². The molecule has 0 spiro atoms. The smallest absolute Gasteiger partial charge is 0.257 e. The molecule has 0 aliphatic carbocycles. The van der Waals surface area contributed by atoms with Gasteiger partial charge in [-0.25, -0.2) is 4.52 Å². The summed E-state index contributed by atoms with van der Waals surface area (Å²) in [5, 5.41) is 16.0. The number of amides is 1. The van der Waals surface area contributed by atoms with E-state index in [1.165, 1.54) is 0 Å². The maximum Gasteiger partial charge on any atom is 0.257 e. The highest BCUT2D eigenvalue weighted by Gasteiger charge is 2.28. The molecule has 0 saturated carbocycles. The van der Waals surface area contributed by atoms with E-state index in [9.17, 15) is 4.79 Å². The second kappa shape index (κ2) is 5.43. The van der Waals surface area contributed by atoms with Crippen LogP contribution in [0.4, 0.5) is 0 Å². The third kappa shape index (κ3) is 2.42. The minimum absolute atomic E-state index is 0.0633. The summed E-state index contributed by atoms with van der Waals surface area (Å²) in [5.74, 6) is 0.0357. The van der Waals surface area contributed by atoms with Crippen molar-refractivity contribution >= 4 is 17.3 Å². The van der Waals surface area contributed by atoms with Crippen LogP contribution in [0.2, 0.25) is 0 Å². The molecule has 3 rings (SSSR count).